The fraction of sp³-hybridized carbons (Fsp3) is 0.512. The summed E-state index contributed by atoms with van der Waals surface area (Å²) in [5.74, 6) is 1.17. The molecule has 1 aliphatic heterocycles. The van der Waals surface area contributed by atoms with Crippen molar-refractivity contribution in [2.24, 2.45) is 23.7 Å². The molecule has 8 heteroatoms. The highest BCUT2D eigenvalue weighted by molar-refractivity contribution is 5.98. The number of aliphatic carboxylic acids is 1. The van der Waals surface area contributed by atoms with E-state index in [1.54, 1.807) is 12.1 Å². The van der Waals surface area contributed by atoms with E-state index in [0.29, 0.717) is 11.4 Å². The maximum Gasteiger partial charge on any atom is 0.310 e. The molecule has 0 radical (unpaired) electrons. The van der Waals surface area contributed by atoms with E-state index in [1.807, 2.05) is 48.8 Å². The van der Waals surface area contributed by atoms with Crippen molar-refractivity contribution in [1.82, 2.24) is 20.2 Å². The average Bonchev–Trinajstić information content (AvgIpc) is 3.14. The summed E-state index contributed by atoms with van der Waals surface area (Å²) in [4.78, 5) is 49.3. The zero-order valence-electron chi connectivity index (χ0n) is 30.7. The SMILES string of the molecule is CCC1CCC(C2CC=C(c3cnc(-c4ccc(C[C@H](NC(=O)c5ccc(C(C)(C)CC)cc5)C(=O)N5CC(C(=O)O)C5)cc4)nc3)CC2)CC1. The van der Waals surface area contributed by atoms with Crippen LogP contribution in [0.15, 0.2) is 67.0 Å². The zero-order chi connectivity index (χ0) is 36.1. The second-order valence-electron chi connectivity index (χ2n) is 15.8. The topological polar surface area (TPSA) is 112 Å². The van der Waals surface area contributed by atoms with Gasteiger partial charge in [-0.05, 0) is 90.5 Å². The predicted molar refractivity (Wildman–Crippen MR) is 201 cm³/mol. The minimum absolute atomic E-state index is 0.00524. The van der Waals surface area contributed by atoms with E-state index in [2.05, 4.69) is 39.1 Å². The fourth-order valence-electron chi connectivity index (χ4n) is 8.03. The van der Waals surface area contributed by atoms with Gasteiger partial charge in [0.1, 0.15) is 6.04 Å². The molecular weight excluding hydrogens is 636 g/mol. The van der Waals surface area contributed by atoms with Crippen molar-refractivity contribution in [2.45, 2.75) is 103 Å². The number of benzene rings is 2. The van der Waals surface area contributed by atoms with Crippen LogP contribution >= 0.6 is 0 Å². The summed E-state index contributed by atoms with van der Waals surface area (Å²) in [5.41, 5.74) is 5.81. The quantitative estimate of drug-likeness (QED) is 0.199. The highest BCUT2D eigenvalue weighted by Gasteiger charge is 2.39. The number of carbonyl (C=O) groups is 3. The molecule has 0 bridgehead atoms. The molecule has 0 spiro atoms. The van der Waals surface area contributed by atoms with Gasteiger partial charge in [0, 0.05) is 48.6 Å². The summed E-state index contributed by atoms with van der Waals surface area (Å²) in [5, 5.41) is 12.3. The Kier molecular flexibility index (Phi) is 11.4. The van der Waals surface area contributed by atoms with E-state index in [0.717, 1.165) is 59.3 Å². The minimum Gasteiger partial charge on any atom is -0.481 e. The summed E-state index contributed by atoms with van der Waals surface area (Å²) >= 11 is 0. The van der Waals surface area contributed by atoms with Gasteiger partial charge in [0.25, 0.3) is 5.91 Å². The van der Waals surface area contributed by atoms with Gasteiger partial charge in [-0.3, -0.25) is 14.4 Å². The second kappa shape index (κ2) is 15.9. The van der Waals surface area contributed by atoms with Crippen molar-refractivity contribution in [3.63, 3.8) is 0 Å². The first kappa shape index (κ1) is 36.5. The van der Waals surface area contributed by atoms with Crippen LogP contribution in [0.1, 0.15) is 113 Å². The van der Waals surface area contributed by atoms with Crippen molar-refractivity contribution >= 4 is 23.4 Å². The van der Waals surface area contributed by atoms with Crippen LogP contribution in [0.3, 0.4) is 0 Å². The Morgan fingerprint density at radius 2 is 1.55 bits per heavy atom. The molecule has 3 aromatic rings. The van der Waals surface area contributed by atoms with Crippen LogP contribution < -0.4 is 5.32 Å². The van der Waals surface area contributed by atoms with Gasteiger partial charge in [-0.1, -0.05) is 89.4 Å². The molecule has 270 valence electrons. The van der Waals surface area contributed by atoms with Crippen molar-refractivity contribution in [1.29, 1.82) is 0 Å². The van der Waals surface area contributed by atoms with Gasteiger partial charge in [0.2, 0.25) is 5.91 Å². The minimum atomic E-state index is -0.913. The first-order valence-electron chi connectivity index (χ1n) is 19.1. The predicted octanol–water partition coefficient (Wildman–Crippen LogP) is 8.12. The van der Waals surface area contributed by atoms with Crippen LogP contribution in [0.5, 0.6) is 0 Å². The third kappa shape index (κ3) is 8.59. The molecule has 6 rings (SSSR count). The number of allylic oxidation sites excluding steroid dienone is 2. The van der Waals surface area contributed by atoms with Gasteiger partial charge >= 0.3 is 5.97 Å². The molecule has 2 N–H and O–H groups in total. The number of amides is 2. The van der Waals surface area contributed by atoms with Crippen LogP contribution in [0.25, 0.3) is 17.0 Å². The Hall–Kier alpha value is -4.33. The summed E-state index contributed by atoms with van der Waals surface area (Å²) in [6, 6.07) is 14.5. The maximum absolute atomic E-state index is 13.6. The van der Waals surface area contributed by atoms with Crippen LogP contribution in [0.2, 0.25) is 0 Å². The lowest BCUT2D eigenvalue weighted by atomic mass is 9.71. The normalized spacial score (nSPS) is 21.7. The van der Waals surface area contributed by atoms with E-state index in [4.69, 9.17) is 9.97 Å². The van der Waals surface area contributed by atoms with E-state index >= 15 is 0 Å². The molecule has 1 saturated carbocycles. The lowest BCUT2D eigenvalue weighted by Gasteiger charge is -2.39. The Balaban J connectivity index is 1.09. The van der Waals surface area contributed by atoms with E-state index in [9.17, 15) is 19.5 Å². The number of rotatable bonds is 12. The summed E-state index contributed by atoms with van der Waals surface area (Å²) in [7, 11) is 0. The molecule has 2 heterocycles. The van der Waals surface area contributed by atoms with Gasteiger partial charge in [-0.25, -0.2) is 9.97 Å². The first-order valence-corrected chi connectivity index (χ1v) is 19.1. The number of carboxylic acid groups (broad SMARTS) is 1. The molecule has 1 aromatic heterocycles. The van der Waals surface area contributed by atoms with Crippen LogP contribution in [0, 0.1) is 23.7 Å². The van der Waals surface area contributed by atoms with Crippen LogP contribution in [0.4, 0.5) is 0 Å². The molecule has 3 aliphatic rings. The Morgan fingerprint density at radius 3 is 2.12 bits per heavy atom. The lowest BCUT2D eigenvalue weighted by Crippen LogP contribution is -2.59. The maximum atomic E-state index is 13.6. The molecule has 1 unspecified atom stereocenters. The number of carbonyl (C=O) groups excluding carboxylic acids is 2. The third-order valence-electron chi connectivity index (χ3n) is 12.2. The van der Waals surface area contributed by atoms with Gasteiger partial charge in [0.15, 0.2) is 5.82 Å². The largest absolute Gasteiger partial charge is 0.481 e. The highest BCUT2D eigenvalue weighted by Crippen LogP contribution is 2.41. The zero-order valence-corrected chi connectivity index (χ0v) is 30.7. The fourth-order valence-corrected chi connectivity index (χ4v) is 8.03. The number of hydrogen-bond donors (Lipinski definition) is 2. The number of aromatic nitrogens is 2. The summed E-state index contributed by atoms with van der Waals surface area (Å²) in [6.45, 7) is 9.09. The molecule has 2 atom stereocenters. The highest BCUT2D eigenvalue weighted by atomic mass is 16.4. The van der Waals surface area contributed by atoms with Gasteiger partial charge in [-0.15, -0.1) is 0 Å². The van der Waals surface area contributed by atoms with E-state index < -0.39 is 17.9 Å². The summed E-state index contributed by atoms with van der Waals surface area (Å²) in [6.07, 6.45) is 18.0. The molecule has 1 saturated heterocycles. The smallest absolute Gasteiger partial charge is 0.310 e. The Labute approximate surface area is 303 Å². The Bertz CT molecular complexity index is 1700. The molecule has 2 aromatic carbocycles. The molecule has 2 fully saturated rings. The number of nitrogens with one attached hydrogen (secondary N) is 1. The number of likely N-dealkylation sites (tertiary alicyclic amines) is 1. The molecule has 2 aliphatic carbocycles. The van der Waals surface area contributed by atoms with Crippen molar-refractivity contribution in [3.8, 4) is 11.4 Å². The second-order valence-corrected chi connectivity index (χ2v) is 15.8. The summed E-state index contributed by atoms with van der Waals surface area (Å²) < 4.78 is 0. The standard InChI is InChI=1S/C43H54N4O4/c1-5-28-7-11-30(12-8-28)31-15-17-32(18-16-31)35-24-44-39(45-25-35)33-13-9-29(10-14-33)23-38(41(49)47-26-36(27-47)42(50)51)46-40(48)34-19-21-37(22-20-34)43(3,4)6-2/h9-10,13-14,17,19-22,24-25,28,30-31,36,38H,5-8,11-12,15-16,18,23,26-27H2,1-4H3,(H,46,48)(H,50,51)/t28?,30?,31?,38-/m0/s1. The van der Waals surface area contributed by atoms with Crippen LogP contribution in [-0.4, -0.2) is 56.9 Å². The first-order chi connectivity index (χ1) is 24.5. The van der Waals surface area contributed by atoms with Crippen molar-refractivity contribution < 1.29 is 19.5 Å². The van der Waals surface area contributed by atoms with Gasteiger partial charge in [-0.2, -0.15) is 0 Å². The van der Waals surface area contributed by atoms with Crippen LogP contribution in [-0.2, 0) is 21.4 Å². The lowest BCUT2D eigenvalue weighted by molar-refractivity contribution is -0.153. The third-order valence-corrected chi connectivity index (χ3v) is 12.2. The van der Waals surface area contributed by atoms with Crippen molar-refractivity contribution in [2.75, 3.05) is 13.1 Å². The molecule has 2 amide bonds. The molecule has 8 nitrogen and oxygen atoms in total. The number of carboxylic acids is 1. The van der Waals surface area contributed by atoms with E-state index in [1.165, 1.54) is 49.0 Å². The monoisotopic (exact) mass is 690 g/mol. The average molecular weight is 691 g/mol. The van der Waals surface area contributed by atoms with Gasteiger partial charge < -0.3 is 15.3 Å². The number of nitrogens with zero attached hydrogens (tertiary/aromatic N) is 3. The van der Waals surface area contributed by atoms with E-state index in [-0.39, 0.29) is 36.7 Å². The number of hydrogen-bond acceptors (Lipinski definition) is 5. The van der Waals surface area contributed by atoms with Gasteiger partial charge in [0.05, 0.1) is 5.92 Å². The van der Waals surface area contributed by atoms with Crippen molar-refractivity contribution in [3.05, 3.63) is 89.3 Å². The molecular formula is C43H54N4O4. The molecule has 51 heavy (non-hydrogen) atoms. The Morgan fingerprint density at radius 1 is 0.882 bits per heavy atom.